The lowest BCUT2D eigenvalue weighted by Gasteiger charge is -2.36. The Morgan fingerprint density at radius 2 is 2.10 bits per heavy atom. The minimum Gasteiger partial charge on any atom is -0.368 e. The Hall–Kier alpha value is -2.29. The largest absolute Gasteiger partial charge is 0.368 e. The monoisotopic (exact) mass is 415 g/mol. The van der Waals surface area contributed by atoms with Gasteiger partial charge in [-0.2, -0.15) is 0 Å². The van der Waals surface area contributed by atoms with E-state index < -0.39 is 6.29 Å². The summed E-state index contributed by atoms with van der Waals surface area (Å²) in [4.78, 5) is 14.3. The van der Waals surface area contributed by atoms with Gasteiger partial charge in [0.1, 0.15) is 0 Å². The molecule has 164 valence electrons. The first kappa shape index (κ1) is 22.4. The quantitative estimate of drug-likeness (QED) is 0.576. The second-order valence-electron chi connectivity index (χ2n) is 8.08. The average Bonchev–Trinajstić information content (AvgIpc) is 3.26. The molecule has 0 unspecified atom stereocenters. The first-order valence-corrected chi connectivity index (χ1v) is 10.8. The second-order valence-corrected chi connectivity index (χ2v) is 8.08. The topological polar surface area (TPSA) is 92.5 Å². The summed E-state index contributed by atoms with van der Waals surface area (Å²) in [5.41, 5.74) is 2.22. The van der Waals surface area contributed by atoms with Gasteiger partial charge in [0.05, 0.1) is 24.2 Å². The van der Waals surface area contributed by atoms with E-state index in [2.05, 4.69) is 39.7 Å². The highest BCUT2D eigenvalue weighted by atomic mass is 16.6. The summed E-state index contributed by atoms with van der Waals surface area (Å²) in [7, 11) is 2.06. The van der Waals surface area contributed by atoms with Crippen molar-refractivity contribution in [2.24, 2.45) is 0 Å². The highest BCUT2D eigenvalue weighted by Crippen LogP contribution is 2.21. The molecule has 8 nitrogen and oxygen atoms in total. The van der Waals surface area contributed by atoms with Crippen molar-refractivity contribution in [3.8, 4) is 5.69 Å². The molecule has 1 saturated heterocycles. The molecule has 3 atom stereocenters. The van der Waals surface area contributed by atoms with Crippen LogP contribution < -0.4 is 5.32 Å². The summed E-state index contributed by atoms with van der Waals surface area (Å²) in [6.45, 7) is 3.51. The summed E-state index contributed by atoms with van der Waals surface area (Å²) in [5, 5.41) is 20.6. The fraction of sp³-hybridized carbons (Fsp3) is 0.591. The zero-order valence-corrected chi connectivity index (χ0v) is 17.9. The smallest absolute Gasteiger partial charge is 0.220 e. The maximum Gasteiger partial charge on any atom is 0.220 e. The lowest BCUT2D eigenvalue weighted by molar-refractivity contribution is -0.173. The van der Waals surface area contributed by atoms with Crippen LogP contribution in [0.25, 0.3) is 5.69 Å². The first-order chi connectivity index (χ1) is 14.5. The van der Waals surface area contributed by atoms with Crippen molar-refractivity contribution in [1.82, 2.24) is 25.2 Å². The van der Waals surface area contributed by atoms with Crippen LogP contribution in [-0.2, 0) is 16.0 Å². The van der Waals surface area contributed by atoms with E-state index in [4.69, 9.17) is 4.74 Å². The van der Waals surface area contributed by atoms with Crippen molar-refractivity contribution >= 4 is 5.91 Å². The van der Waals surface area contributed by atoms with Gasteiger partial charge in [0.2, 0.25) is 5.91 Å². The molecule has 0 radical (unpaired) electrons. The summed E-state index contributed by atoms with van der Waals surface area (Å²) < 4.78 is 7.11. The standard InChI is InChI=1S/C22H33N5O3/c1-17-15-20(16-22(29)30-17)26(2)13-4-6-21(28)23-11-3-5-18-7-9-19(10-8-18)27-14-12-24-25-27/h7-10,12,14,17,20,22,29H,3-6,11,13,15-16H2,1-2H3,(H,23,28)/t17-,20+,22-/m1/s1. The third-order valence-electron chi connectivity index (χ3n) is 5.59. The Labute approximate surface area is 178 Å². The van der Waals surface area contributed by atoms with E-state index in [1.165, 1.54) is 5.56 Å². The van der Waals surface area contributed by atoms with Gasteiger partial charge in [0.15, 0.2) is 6.29 Å². The van der Waals surface area contributed by atoms with Crippen LogP contribution in [0.15, 0.2) is 36.7 Å². The van der Waals surface area contributed by atoms with Crippen LogP contribution in [-0.4, -0.2) is 69.5 Å². The van der Waals surface area contributed by atoms with Crippen molar-refractivity contribution in [3.63, 3.8) is 0 Å². The number of ether oxygens (including phenoxy) is 1. The number of benzene rings is 1. The predicted octanol–water partition coefficient (Wildman–Crippen LogP) is 1.91. The van der Waals surface area contributed by atoms with E-state index in [9.17, 15) is 9.90 Å². The second kappa shape index (κ2) is 11.2. The number of aromatic nitrogens is 3. The predicted molar refractivity (Wildman–Crippen MR) is 114 cm³/mol. The molecule has 30 heavy (non-hydrogen) atoms. The van der Waals surface area contributed by atoms with Crippen LogP contribution in [0.5, 0.6) is 0 Å². The third kappa shape index (κ3) is 6.90. The molecule has 1 aliphatic rings. The van der Waals surface area contributed by atoms with Crippen LogP contribution in [0.4, 0.5) is 0 Å². The van der Waals surface area contributed by atoms with E-state index in [1.807, 2.05) is 25.3 Å². The summed E-state index contributed by atoms with van der Waals surface area (Å²) in [6, 6.07) is 8.53. The van der Waals surface area contributed by atoms with Crippen LogP contribution in [0, 0.1) is 0 Å². The van der Waals surface area contributed by atoms with Crippen molar-refractivity contribution in [3.05, 3.63) is 42.2 Å². The molecule has 2 N–H and O–H groups in total. The number of rotatable bonds is 10. The molecule has 0 bridgehead atoms. The Balaban J connectivity index is 1.27. The van der Waals surface area contributed by atoms with Gasteiger partial charge in [-0.05, 0) is 63.9 Å². The number of nitrogens with zero attached hydrogens (tertiary/aromatic N) is 4. The van der Waals surface area contributed by atoms with Gasteiger partial charge in [-0.25, -0.2) is 4.68 Å². The van der Waals surface area contributed by atoms with Gasteiger partial charge in [-0.1, -0.05) is 17.3 Å². The van der Waals surface area contributed by atoms with Gasteiger partial charge in [0, 0.05) is 25.4 Å². The fourth-order valence-corrected chi connectivity index (χ4v) is 3.89. The molecule has 8 heteroatoms. The number of aryl methyl sites for hydroxylation is 1. The van der Waals surface area contributed by atoms with Crippen LogP contribution >= 0.6 is 0 Å². The van der Waals surface area contributed by atoms with E-state index >= 15 is 0 Å². The number of carbonyl (C=O) groups is 1. The maximum absolute atomic E-state index is 12.1. The number of aliphatic hydroxyl groups excluding tert-OH is 1. The van der Waals surface area contributed by atoms with E-state index in [0.29, 0.717) is 25.4 Å². The van der Waals surface area contributed by atoms with Crippen LogP contribution in [0.2, 0.25) is 0 Å². The van der Waals surface area contributed by atoms with Crippen molar-refractivity contribution < 1.29 is 14.6 Å². The number of hydrogen-bond acceptors (Lipinski definition) is 6. The number of amides is 1. The molecule has 1 aliphatic heterocycles. The SMILES string of the molecule is C[C@@H]1C[C@H](N(C)CCCC(=O)NCCCc2ccc(-n3ccnn3)cc2)C[C@H](O)O1. The molecule has 1 amide bonds. The highest BCUT2D eigenvalue weighted by molar-refractivity contribution is 5.75. The molecule has 1 aromatic heterocycles. The normalized spacial score (nSPS) is 21.7. The molecule has 0 spiro atoms. The van der Waals surface area contributed by atoms with Gasteiger partial charge < -0.3 is 20.1 Å². The lowest BCUT2D eigenvalue weighted by Crippen LogP contribution is -2.43. The average molecular weight is 416 g/mol. The van der Waals surface area contributed by atoms with Gasteiger partial charge in [-0.15, -0.1) is 5.10 Å². The molecule has 0 saturated carbocycles. The Kier molecular flexibility index (Phi) is 8.36. The lowest BCUT2D eigenvalue weighted by atomic mass is 10.0. The molecule has 1 aromatic carbocycles. The summed E-state index contributed by atoms with van der Waals surface area (Å²) in [5.74, 6) is 0.102. The minimum absolute atomic E-state index is 0.0725. The van der Waals surface area contributed by atoms with E-state index in [-0.39, 0.29) is 12.0 Å². The van der Waals surface area contributed by atoms with Gasteiger partial charge in [-0.3, -0.25) is 4.79 Å². The van der Waals surface area contributed by atoms with Gasteiger partial charge in [0.25, 0.3) is 0 Å². The molecule has 1 fully saturated rings. The zero-order valence-electron chi connectivity index (χ0n) is 17.9. The van der Waals surface area contributed by atoms with Crippen molar-refractivity contribution in [2.45, 2.75) is 63.9 Å². The molecular weight excluding hydrogens is 382 g/mol. The molecular formula is C22H33N5O3. The highest BCUT2D eigenvalue weighted by Gasteiger charge is 2.28. The molecule has 3 rings (SSSR count). The van der Waals surface area contributed by atoms with Crippen molar-refractivity contribution in [1.29, 1.82) is 0 Å². The van der Waals surface area contributed by atoms with Gasteiger partial charge >= 0.3 is 0 Å². The molecule has 2 aromatic rings. The third-order valence-corrected chi connectivity index (χ3v) is 5.59. The Morgan fingerprint density at radius 3 is 2.80 bits per heavy atom. The minimum atomic E-state index is -0.678. The number of carbonyl (C=O) groups excluding carboxylic acids is 1. The number of aliphatic hydroxyl groups is 1. The Bertz CT molecular complexity index is 756. The first-order valence-electron chi connectivity index (χ1n) is 10.8. The molecule has 0 aliphatic carbocycles. The number of nitrogens with one attached hydrogen (secondary N) is 1. The molecule has 2 heterocycles. The zero-order chi connectivity index (χ0) is 21.3. The van der Waals surface area contributed by atoms with Crippen LogP contribution in [0.3, 0.4) is 0 Å². The fourth-order valence-electron chi connectivity index (χ4n) is 3.89. The van der Waals surface area contributed by atoms with E-state index in [0.717, 1.165) is 37.9 Å². The maximum atomic E-state index is 12.1. The van der Waals surface area contributed by atoms with Crippen LogP contribution in [0.1, 0.15) is 44.6 Å². The number of hydrogen-bond donors (Lipinski definition) is 2. The van der Waals surface area contributed by atoms with E-state index in [1.54, 1.807) is 10.9 Å². The summed E-state index contributed by atoms with van der Waals surface area (Å²) >= 11 is 0. The Morgan fingerprint density at radius 1 is 1.30 bits per heavy atom. The van der Waals surface area contributed by atoms with Crippen molar-refractivity contribution in [2.75, 3.05) is 20.1 Å². The summed E-state index contributed by atoms with van der Waals surface area (Å²) in [6.07, 6.45) is 7.59.